The molecule has 7 nitrogen and oxygen atoms in total. The molecule has 55 heavy (non-hydrogen) atoms. The van der Waals surface area contributed by atoms with E-state index >= 15 is 0 Å². The van der Waals surface area contributed by atoms with Crippen molar-refractivity contribution in [3.8, 4) is 0 Å². The van der Waals surface area contributed by atoms with Gasteiger partial charge in [-0.3, -0.25) is 4.79 Å². The Labute approximate surface area is 338 Å². The second-order valence-corrected chi connectivity index (χ2v) is 16.9. The Kier molecular flexibility index (Phi) is 24.2. The van der Waals surface area contributed by atoms with Crippen LogP contribution in [0.5, 0.6) is 0 Å². The van der Waals surface area contributed by atoms with E-state index in [9.17, 15) is 14.5 Å². The molecule has 0 spiro atoms. The van der Waals surface area contributed by atoms with Gasteiger partial charge < -0.3 is 14.9 Å². The molecule has 0 amide bonds. The molecule has 0 heterocycles. The van der Waals surface area contributed by atoms with Gasteiger partial charge >= 0.3 is 11.9 Å². The Bertz CT molecular complexity index is 1290. The molecule has 1 N–H and O–H groups in total. The predicted molar refractivity (Wildman–Crippen MR) is 228 cm³/mol. The standard InChI is InChI=1S/C47H73ClN2O5/c1-2-47(32-24-33-47)31-21-20-29-42-41(43(48)38-44(42)50-53)28-18-14-15-19-30-45(51)54-35-36-55-46(52)40-27-23-26-39(37-40)25-17-13-11-9-7-5-3-4-6-8-10-12-16-22-34-49/h14,18,20,23,26-27,29,34,37,41-44,49H,2-13,15-17,19,21-22,24-25,28,30-33,35-36,38H2,1H3/b18-14-,29-20+,49-34?/t41-,42-,43-,44-/m1/s1. The number of halogens is 1. The second kappa shape index (κ2) is 28.6. The van der Waals surface area contributed by atoms with Crippen LogP contribution in [0.1, 0.15) is 183 Å². The van der Waals surface area contributed by atoms with Crippen molar-refractivity contribution in [3.05, 3.63) is 64.6 Å². The van der Waals surface area contributed by atoms with Gasteiger partial charge in [0.2, 0.25) is 0 Å². The van der Waals surface area contributed by atoms with Gasteiger partial charge in [-0.05, 0) is 112 Å². The van der Waals surface area contributed by atoms with Crippen LogP contribution in [-0.2, 0) is 20.7 Å². The van der Waals surface area contributed by atoms with Crippen LogP contribution in [-0.4, -0.2) is 42.8 Å². The molecule has 2 aliphatic carbocycles. The summed E-state index contributed by atoms with van der Waals surface area (Å²) in [4.78, 5) is 36.4. The van der Waals surface area contributed by atoms with Crippen LogP contribution in [0.3, 0.4) is 0 Å². The highest BCUT2D eigenvalue weighted by atomic mass is 35.5. The van der Waals surface area contributed by atoms with E-state index < -0.39 is 0 Å². The van der Waals surface area contributed by atoms with Crippen molar-refractivity contribution in [1.29, 1.82) is 5.41 Å². The number of benzene rings is 1. The molecule has 2 aliphatic rings. The Balaban J connectivity index is 1.19. The summed E-state index contributed by atoms with van der Waals surface area (Å²) in [6.45, 7) is 2.38. The minimum absolute atomic E-state index is 0.0354. The number of ether oxygens (including phenoxy) is 2. The van der Waals surface area contributed by atoms with E-state index in [1.807, 2.05) is 12.1 Å². The summed E-state index contributed by atoms with van der Waals surface area (Å²) in [6, 6.07) is 7.41. The maximum atomic E-state index is 12.6. The Morgan fingerprint density at radius 1 is 0.855 bits per heavy atom. The van der Waals surface area contributed by atoms with Gasteiger partial charge in [-0.2, -0.15) is 4.91 Å². The lowest BCUT2D eigenvalue weighted by Crippen LogP contribution is -2.28. The molecule has 0 unspecified atom stereocenters. The van der Waals surface area contributed by atoms with Crippen LogP contribution in [0, 0.1) is 27.6 Å². The van der Waals surface area contributed by atoms with Crippen LogP contribution in [0.25, 0.3) is 0 Å². The summed E-state index contributed by atoms with van der Waals surface area (Å²) in [5.41, 5.74) is 2.22. The number of rotatable bonds is 32. The largest absolute Gasteiger partial charge is 0.462 e. The number of hydrogen-bond acceptors (Lipinski definition) is 7. The zero-order valence-electron chi connectivity index (χ0n) is 34.2. The number of nitrogens with one attached hydrogen (secondary N) is 1. The van der Waals surface area contributed by atoms with Crippen LogP contribution >= 0.6 is 11.6 Å². The lowest BCUT2D eigenvalue weighted by molar-refractivity contribution is -0.144. The number of aryl methyl sites for hydroxylation is 1. The maximum Gasteiger partial charge on any atom is 0.338 e. The number of carbonyl (C=O) groups is 2. The van der Waals surface area contributed by atoms with Gasteiger partial charge in [0.1, 0.15) is 13.2 Å². The number of unbranched alkanes of at least 4 members (excludes halogenated alkanes) is 14. The van der Waals surface area contributed by atoms with Crippen LogP contribution in [0.2, 0.25) is 0 Å². The molecule has 1 aromatic rings. The number of esters is 2. The third-order valence-electron chi connectivity index (χ3n) is 12.3. The molecule has 0 saturated heterocycles. The minimum atomic E-state index is -0.390. The molecule has 1 aromatic carbocycles. The number of nitroso groups, excluding NO2 is 1. The van der Waals surface area contributed by atoms with Crippen molar-refractivity contribution in [3.63, 3.8) is 0 Å². The van der Waals surface area contributed by atoms with Crippen molar-refractivity contribution in [1.82, 2.24) is 0 Å². The molecule has 4 atom stereocenters. The molecule has 8 heteroatoms. The third-order valence-corrected chi connectivity index (χ3v) is 12.8. The van der Waals surface area contributed by atoms with E-state index in [4.69, 9.17) is 26.5 Å². The molecule has 2 saturated carbocycles. The fraction of sp³-hybridized carbons (Fsp3) is 0.723. The summed E-state index contributed by atoms with van der Waals surface area (Å²) >= 11 is 6.69. The summed E-state index contributed by atoms with van der Waals surface area (Å²) in [7, 11) is 0. The van der Waals surface area contributed by atoms with E-state index in [1.165, 1.54) is 115 Å². The number of alkyl halides is 1. The van der Waals surface area contributed by atoms with Gasteiger partial charge in [-0.25, -0.2) is 4.79 Å². The number of carbonyl (C=O) groups excluding carboxylic acids is 2. The molecule has 0 aromatic heterocycles. The average molecular weight is 782 g/mol. The average Bonchev–Trinajstić information content (AvgIpc) is 3.48. The first kappa shape index (κ1) is 46.6. The first-order valence-corrected chi connectivity index (χ1v) is 22.5. The normalized spacial score (nSPS) is 20.5. The molecular formula is C47H73ClN2O5. The molecule has 2 fully saturated rings. The van der Waals surface area contributed by atoms with E-state index in [1.54, 1.807) is 6.07 Å². The predicted octanol–water partition coefficient (Wildman–Crippen LogP) is 13.5. The van der Waals surface area contributed by atoms with E-state index in [-0.39, 0.29) is 48.4 Å². The minimum Gasteiger partial charge on any atom is -0.462 e. The van der Waals surface area contributed by atoms with Gasteiger partial charge in [0, 0.05) is 17.7 Å². The highest BCUT2D eigenvalue weighted by Gasteiger charge is 2.41. The van der Waals surface area contributed by atoms with Crippen LogP contribution in [0.15, 0.2) is 53.7 Å². The number of hydrogen-bond donors (Lipinski definition) is 1. The molecule has 0 aliphatic heterocycles. The van der Waals surface area contributed by atoms with Gasteiger partial charge in [-0.15, -0.1) is 11.6 Å². The van der Waals surface area contributed by atoms with E-state index in [0.717, 1.165) is 44.1 Å². The zero-order chi connectivity index (χ0) is 39.4. The van der Waals surface area contributed by atoms with Crippen molar-refractivity contribution < 1.29 is 19.1 Å². The first-order valence-electron chi connectivity index (χ1n) is 22.1. The van der Waals surface area contributed by atoms with Crippen molar-refractivity contribution in [2.75, 3.05) is 13.2 Å². The quantitative estimate of drug-likeness (QED) is 0.0196. The molecule has 0 radical (unpaired) electrons. The SMILES string of the molecule is CCC1(CC/C=C/[C@@H]2[C@@H](C/C=C\CCCC(=O)OCCOC(=O)c3cccc(CCCCCCCCCCCCCCCC=N)c3)[C@H](Cl)C[C@H]2N=O)CCC1. The zero-order valence-corrected chi connectivity index (χ0v) is 34.9. The second-order valence-electron chi connectivity index (χ2n) is 16.3. The topological polar surface area (TPSA) is 106 Å². The van der Waals surface area contributed by atoms with Crippen molar-refractivity contribution in [2.45, 2.75) is 185 Å². The van der Waals surface area contributed by atoms with Crippen molar-refractivity contribution >= 4 is 29.8 Å². The number of allylic oxidation sites excluding steroid dienone is 3. The first-order chi connectivity index (χ1) is 26.9. The smallest absolute Gasteiger partial charge is 0.338 e. The Morgan fingerprint density at radius 3 is 2.16 bits per heavy atom. The lowest BCUT2D eigenvalue weighted by Gasteiger charge is -2.41. The van der Waals surface area contributed by atoms with E-state index in [2.05, 4.69) is 42.5 Å². The molecule has 0 bridgehead atoms. The van der Waals surface area contributed by atoms with Crippen LogP contribution < -0.4 is 0 Å². The third kappa shape index (κ3) is 18.8. The summed E-state index contributed by atoms with van der Waals surface area (Å²) in [5.74, 6) is -0.417. The summed E-state index contributed by atoms with van der Waals surface area (Å²) in [5, 5.41) is 10.4. The lowest BCUT2D eigenvalue weighted by atomic mass is 9.64. The maximum absolute atomic E-state index is 12.6. The highest BCUT2D eigenvalue weighted by Crippen LogP contribution is 2.48. The summed E-state index contributed by atoms with van der Waals surface area (Å²) < 4.78 is 10.7. The monoisotopic (exact) mass is 781 g/mol. The van der Waals surface area contributed by atoms with Gasteiger partial charge in [0.05, 0.1) is 11.6 Å². The molecule has 308 valence electrons. The van der Waals surface area contributed by atoms with Gasteiger partial charge in [0.25, 0.3) is 0 Å². The van der Waals surface area contributed by atoms with Gasteiger partial charge in [-0.1, -0.05) is 132 Å². The fourth-order valence-corrected chi connectivity index (χ4v) is 8.89. The molecule has 3 rings (SSSR count). The Morgan fingerprint density at radius 2 is 1.53 bits per heavy atom. The summed E-state index contributed by atoms with van der Waals surface area (Å²) in [6.07, 6.45) is 39.5. The van der Waals surface area contributed by atoms with E-state index in [0.29, 0.717) is 30.2 Å². The van der Waals surface area contributed by atoms with Crippen molar-refractivity contribution in [2.24, 2.45) is 22.4 Å². The fourth-order valence-electron chi connectivity index (χ4n) is 8.43. The van der Waals surface area contributed by atoms with Gasteiger partial charge in [0.15, 0.2) is 0 Å². The van der Waals surface area contributed by atoms with Crippen LogP contribution in [0.4, 0.5) is 0 Å². The molecular weight excluding hydrogens is 708 g/mol. The highest BCUT2D eigenvalue weighted by molar-refractivity contribution is 6.21. The Hall–Kier alpha value is -2.80. The number of nitrogens with zero attached hydrogens (tertiary/aromatic N) is 1.